The molecule has 2 aromatic carbocycles. The highest BCUT2D eigenvalue weighted by Crippen LogP contribution is 2.34. The Kier molecular flexibility index (Phi) is 5.37. The third-order valence-electron chi connectivity index (χ3n) is 4.40. The minimum absolute atomic E-state index is 0.187. The number of ether oxygens (including phenoxy) is 2. The van der Waals surface area contributed by atoms with Crippen molar-refractivity contribution in [2.75, 3.05) is 14.2 Å². The molecule has 1 heterocycles. The summed E-state index contributed by atoms with van der Waals surface area (Å²) in [5.41, 5.74) is 9.48. The summed E-state index contributed by atoms with van der Waals surface area (Å²) in [5.74, 6) is -0.0546. The minimum atomic E-state index is -0.649. The number of hydrogen-bond acceptors (Lipinski definition) is 4. The van der Waals surface area contributed by atoms with Gasteiger partial charge >= 0.3 is 0 Å². The Morgan fingerprint density at radius 1 is 0.926 bits per heavy atom. The van der Waals surface area contributed by atoms with E-state index in [0.717, 1.165) is 11.6 Å². The number of nitrogens with zero attached hydrogens (tertiary/aromatic N) is 1. The van der Waals surface area contributed by atoms with Crippen molar-refractivity contribution in [3.63, 3.8) is 0 Å². The molecule has 140 valence electrons. The molecule has 0 unspecified atom stereocenters. The monoisotopic (exact) mass is 370 g/mol. The molecular formula is C21H20F2N2O2. The van der Waals surface area contributed by atoms with E-state index in [1.54, 1.807) is 26.4 Å². The van der Waals surface area contributed by atoms with E-state index in [0.29, 0.717) is 34.0 Å². The van der Waals surface area contributed by atoms with Crippen LogP contribution in [0, 0.1) is 18.6 Å². The molecule has 0 saturated carbocycles. The van der Waals surface area contributed by atoms with Crippen molar-refractivity contribution in [3.8, 4) is 33.9 Å². The number of halogens is 2. The maximum absolute atomic E-state index is 14.4. The van der Waals surface area contributed by atoms with Crippen LogP contribution >= 0.6 is 0 Å². The van der Waals surface area contributed by atoms with E-state index < -0.39 is 11.6 Å². The second-order valence-electron chi connectivity index (χ2n) is 6.05. The summed E-state index contributed by atoms with van der Waals surface area (Å²) in [6, 6.07) is 10.6. The Hall–Kier alpha value is -2.99. The number of methoxy groups -OCH3 is 2. The van der Waals surface area contributed by atoms with Gasteiger partial charge < -0.3 is 15.2 Å². The smallest absolute Gasteiger partial charge is 0.133 e. The molecule has 0 aliphatic carbocycles. The highest BCUT2D eigenvalue weighted by atomic mass is 19.1. The molecule has 0 amide bonds. The summed E-state index contributed by atoms with van der Waals surface area (Å²) < 4.78 is 38.4. The third-order valence-corrected chi connectivity index (χ3v) is 4.40. The number of nitrogens with two attached hydrogens (primary N) is 1. The zero-order valence-corrected chi connectivity index (χ0v) is 15.3. The lowest BCUT2D eigenvalue weighted by Gasteiger charge is -2.15. The summed E-state index contributed by atoms with van der Waals surface area (Å²) in [7, 11) is 3.13. The van der Waals surface area contributed by atoms with Gasteiger partial charge in [-0.2, -0.15) is 0 Å². The normalized spacial score (nSPS) is 10.7. The second-order valence-corrected chi connectivity index (χ2v) is 6.05. The molecule has 0 radical (unpaired) electrons. The minimum Gasteiger partial charge on any atom is -0.497 e. The van der Waals surface area contributed by atoms with Crippen LogP contribution in [0.3, 0.4) is 0 Å². The van der Waals surface area contributed by atoms with E-state index in [1.807, 2.05) is 19.1 Å². The van der Waals surface area contributed by atoms with Gasteiger partial charge in [-0.3, -0.25) is 4.98 Å². The predicted octanol–water partition coefficient (Wildman–Crippen LogP) is 4.48. The summed E-state index contributed by atoms with van der Waals surface area (Å²) in [4.78, 5) is 4.61. The summed E-state index contributed by atoms with van der Waals surface area (Å²) in [6.45, 7) is 2.00. The van der Waals surface area contributed by atoms with E-state index >= 15 is 0 Å². The Labute approximate surface area is 156 Å². The van der Waals surface area contributed by atoms with Crippen LogP contribution in [0.2, 0.25) is 0 Å². The van der Waals surface area contributed by atoms with Crippen molar-refractivity contribution in [2.45, 2.75) is 13.5 Å². The molecule has 1 aromatic heterocycles. The first-order chi connectivity index (χ1) is 13.0. The highest BCUT2D eigenvalue weighted by molar-refractivity contribution is 5.75. The average Bonchev–Trinajstić information content (AvgIpc) is 2.67. The maximum atomic E-state index is 14.4. The van der Waals surface area contributed by atoms with Crippen LogP contribution in [0.5, 0.6) is 11.5 Å². The number of benzene rings is 2. The number of aromatic nitrogens is 1. The van der Waals surface area contributed by atoms with Crippen molar-refractivity contribution in [1.29, 1.82) is 0 Å². The van der Waals surface area contributed by atoms with Crippen LogP contribution < -0.4 is 15.2 Å². The van der Waals surface area contributed by atoms with E-state index in [1.165, 1.54) is 12.1 Å². The summed E-state index contributed by atoms with van der Waals surface area (Å²) in [5, 5.41) is 0. The Morgan fingerprint density at radius 3 is 2.15 bits per heavy atom. The van der Waals surface area contributed by atoms with Gasteiger partial charge in [0.15, 0.2) is 0 Å². The fourth-order valence-corrected chi connectivity index (χ4v) is 3.01. The highest BCUT2D eigenvalue weighted by Gasteiger charge is 2.16. The number of rotatable bonds is 5. The van der Waals surface area contributed by atoms with E-state index in [-0.39, 0.29) is 12.1 Å². The zero-order chi connectivity index (χ0) is 19.6. The van der Waals surface area contributed by atoms with Gasteiger partial charge in [-0.25, -0.2) is 8.78 Å². The zero-order valence-electron chi connectivity index (χ0n) is 15.3. The summed E-state index contributed by atoms with van der Waals surface area (Å²) in [6.07, 6.45) is 0. The number of hydrogen-bond donors (Lipinski definition) is 1. The molecule has 0 saturated heterocycles. The molecule has 0 fully saturated rings. The molecule has 6 heteroatoms. The molecule has 0 bridgehead atoms. The number of aryl methyl sites for hydroxylation is 1. The summed E-state index contributed by atoms with van der Waals surface area (Å²) >= 11 is 0. The molecule has 27 heavy (non-hydrogen) atoms. The fourth-order valence-electron chi connectivity index (χ4n) is 3.01. The molecule has 3 rings (SSSR count). The lowest BCUT2D eigenvalue weighted by molar-refractivity contribution is 0.394. The molecule has 2 N–H and O–H groups in total. The van der Waals surface area contributed by atoms with Gasteiger partial charge in [-0.15, -0.1) is 0 Å². The van der Waals surface area contributed by atoms with Crippen molar-refractivity contribution in [1.82, 2.24) is 4.98 Å². The Bertz CT molecular complexity index is 968. The van der Waals surface area contributed by atoms with Crippen molar-refractivity contribution in [3.05, 3.63) is 65.4 Å². The lowest BCUT2D eigenvalue weighted by Crippen LogP contribution is -2.06. The SMILES string of the molecule is COc1cc(OC)cc(-c2cc(-c3ccc(F)cc3F)c(CN)c(C)n2)c1. The van der Waals surface area contributed by atoms with Gasteiger partial charge in [0.2, 0.25) is 0 Å². The van der Waals surface area contributed by atoms with Crippen LogP contribution in [0.4, 0.5) is 8.78 Å². The Morgan fingerprint density at radius 2 is 1.59 bits per heavy atom. The van der Waals surface area contributed by atoms with Gasteiger partial charge in [-0.05, 0) is 48.4 Å². The molecule has 0 aliphatic heterocycles. The molecule has 0 spiro atoms. The van der Waals surface area contributed by atoms with Crippen LogP contribution in [0.25, 0.3) is 22.4 Å². The van der Waals surface area contributed by atoms with E-state index in [2.05, 4.69) is 4.98 Å². The number of pyridine rings is 1. The lowest BCUT2D eigenvalue weighted by atomic mass is 9.96. The molecule has 0 aliphatic rings. The van der Waals surface area contributed by atoms with Crippen molar-refractivity contribution in [2.24, 2.45) is 5.73 Å². The first-order valence-electron chi connectivity index (χ1n) is 8.36. The predicted molar refractivity (Wildman–Crippen MR) is 101 cm³/mol. The van der Waals surface area contributed by atoms with Gasteiger partial charge in [0.25, 0.3) is 0 Å². The van der Waals surface area contributed by atoms with Crippen LogP contribution in [0.1, 0.15) is 11.3 Å². The second kappa shape index (κ2) is 7.72. The van der Waals surface area contributed by atoms with Crippen LogP contribution in [0.15, 0.2) is 42.5 Å². The molecule has 3 aromatic rings. The van der Waals surface area contributed by atoms with E-state index in [9.17, 15) is 8.78 Å². The quantitative estimate of drug-likeness (QED) is 0.720. The first kappa shape index (κ1) is 18.8. The Balaban J connectivity index is 2.24. The topological polar surface area (TPSA) is 57.4 Å². The van der Waals surface area contributed by atoms with Gasteiger partial charge in [-0.1, -0.05) is 0 Å². The van der Waals surface area contributed by atoms with Crippen LogP contribution in [-0.4, -0.2) is 19.2 Å². The fraction of sp³-hybridized carbons (Fsp3) is 0.190. The van der Waals surface area contributed by atoms with Crippen LogP contribution in [-0.2, 0) is 6.54 Å². The standard InChI is InChI=1S/C21H20F2N2O2/c1-12-19(11-24)18(17-5-4-14(22)8-20(17)23)10-21(25-12)13-6-15(26-2)9-16(7-13)27-3/h4-10H,11,24H2,1-3H3. The van der Waals surface area contributed by atoms with Gasteiger partial charge in [0.05, 0.1) is 19.9 Å². The van der Waals surface area contributed by atoms with E-state index in [4.69, 9.17) is 15.2 Å². The molecule has 0 atom stereocenters. The molecular weight excluding hydrogens is 350 g/mol. The van der Waals surface area contributed by atoms with Gasteiger partial charge in [0.1, 0.15) is 23.1 Å². The van der Waals surface area contributed by atoms with Crippen molar-refractivity contribution >= 4 is 0 Å². The third kappa shape index (κ3) is 3.75. The maximum Gasteiger partial charge on any atom is 0.133 e. The molecule has 4 nitrogen and oxygen atoms in total. The van der Waals surface area contributed by atoms with Crippen molar-refractivity contribution < 1.29 is 18.3 Å². The van der Waals surface area contributed by atoms with Gasteiger partial charge in [0, 0.05) is 35.5 Å². The first-order valence-corrected chi connectivity index (χ1v) is 8.36. The largest absolute Gasteiger partial charge is 0.497 e. The average molecular weight is 370 g/mol.